The number of rotatable bonds is 0. The summed E-state index contributed by atoms with van der Waals surface area (Å²) in [6.45, 7) is 4.65. The van der Waals surface area contributed by atoms with Crippen molar-refractivity contribution in [3.8, 4) is 6.07 Å². The third kappa shape index (κ3) is 1.04. The number of hydrogen-bond acceptors (Lipinski definition) is 3. The van der Waals surface area contributed by atoms with Crippen molar-refractivity contribution in [2.75, 3.05) is 13.6 Å². The molecule has 1 rings (SSSR count). The van der Waals surface area contributed by atoms with Gasteiger partial charge >= 0.3 is 0 Å². The van der Waals surface area contributed by atoms with Crippen LogP contribution >= 0.6 is 0 Å². The first-order chi connectivity index (χ1) is 5.00. The number of hydrogen-bond donors (Lipinski definition) is 1. The van der Waals surface area contributed by atoms with Crippen LogP contribution in [0.4, 0.5) is 0 Å². The van der Waals surface area contributed by atoms with E-state index in [9.17, 15) is 0 Å². The molecule has 60 valence electrons. The van der Waals surface area contributed by atoms with E-state index >= 15 is 0 Å². The summed E-state index contributed by atoms with van der Waals surface area (Å²) in [7, 11) is 1.95. The average Bonchev–Trinajstić information content (AvgIpc) is 2.14. The fourth-order valence-electron chi connectivity index (χ4n) is 1.33. The van der Waals surface area contributed by atoms with Gasteiger partial charge in [0.05, 0.1) is 17.5 Å². The Morgan fingerprint density at radius 1 is 1.73 bits per heavy atom. The van der Waals surface area contributed by atoms with E-state index in [1.54, 1.807) is 0 Å². The van der Waals surface area contributed by atoms with Crippen LogP contribution in [0, 0.1) is 22.7 Å². The van der Waals surface area contributed by atoms with Crippen molar-refractivity contribution in [3.05, 3.63) is 0 Å². The van der Waals surface area contributed by atoms with Gasteiger partial charge in [0.1, 0.15) is 0 Å². The first-order valence-electron chi connectivity index (χ1n) is 3.70. The van der Waals surface area contributed by atoms with E-state index in [4.69, 9.17) is 10.7 Å². The lowest BCUT2D eigenvalue weighted by molar-refractivity contribution is 0.258. The summed E-state index contributed by atoms with van der Waals surface area (Å²) in [6.07, 6.45) is 0. The second-order valence-corrected chi connectivity index (χ2v) is 3.53. The molecular weight excluding hydrogens is 138 g/mol. The van der Waals surface area contributed by atoms with Crippen LogP contribution in [0.5, 0.6) is 0 Å². The van der Waals surface area contributed by atoms with Crippen molar-refractivity contribution < 1.29 is 0 Å². The molecule has 1 unspecified atom stereocenters. The molecule has 0 aromatic carbocycles. The second-order valence-electron chi connectivity index (χ2n) is 3.53. The van der Waals surface area contributed by atoms with Gasteiger partial charge in [-0.1, -0.05) is 0 Å². The largest absolute Gasteiger partial charge is 0.306 e. The first kappa shape index (κ1) is 8.22. The monoisotopic (exact) mass is 151 g/mol. The average molecular weight is 151 g/mol. The minimum absolute atomic E-state index is 0.199. The molecule has 3 nitrogen and oxygen atoms in total. The smallest absolute Gasteiger partial charge is 0.0983 e. The van der Waals surface area contributed by atoms with Gasteiger partial charge in [-0.15, -0.1) is 0 Å². The fraction of sp³-hybridized carbons (Fsp3) is 0.750. The highest BCUT2D eigenvalue weighted by atomic mass is 15.2. The molecule has 1 aliphatic rings. The minimum atomic E-state index is -0.222. The normalized spacial score (nSPS) is 30.4. The summed E-state index contributed by atoms with van der Waals surface area (Å²) in [6, 6.07) is 2.13. The van der Waals surface area contributed by atoms with Crippen LogP contribution in [-0.2, 0) is 0 Å². The van der Waals surface area contributed by atoms with Crippen LogP contribution in [0.3, 0.4) is 0 Å². The lowest BCUT2D eigenvalue weighted by Gasteiger charge is -2.26. The first-order valence-corrected chi connectivity index (χ1v) is 3.70. The molecule has 0 amide bonds. The lowest BCUT2D eigenvalue weighted by Crippen LogP contribution is -2.39. The number of nitrogens with zero attached hydrogens (tertiary/aromatic N) is 2. The van der Waals surface area contributed by atoms with Crippen LogP contribution in [0.25, 0.3) is 0 Å². The summed E-state index contributed by atoms with van der Waals surface area (Å²) in [5.74, 6) is -0.199. The van der Waals surface area contributed by atoms with Gasteiger partial charge in [0, 0.05) is 12.3 Å². The van der Waals surface area contributed by atoms with Crippen LogP contribution < -0.4 is 0 Å². The van der Waals surface area contributed by atoms with Gasteiger partial charge in [0.2, 0.25) is 0 Å². The van der Waals surface area contributed by atoms with Gasteiger partial charge in [0.15, 0.2) is 0 Å². The number of nitriles is 1. The van der Waals surface area contributed by atoms with Crippen LogP contribution in [0.2, 0.25) is 0 Å². The quantitative estimate of drug-likeness (QED) is 0.558. The van der Waals surface area contributed by atoms with E-state index in [2.05, 4.69) is 6.07 Å². The SMILES string of the molecule is CN1CC(C#N)C(=N)C1(C)C. The van der Waals surface area contributed by atoms with Gasteiger partial charge in [-0.3, -0.25) is 4.90 Å². The third-order valence-electron chi connectivity index (χ3n) is 2.57. The van der Waals surface area contributed by atoms with Gasteiger partial charge in [-0.25, -0.2) is 0 Å². The number of nitrogens with one attached hydrogen (secondary N) is 1. The summed E-state index contributed by atoms with van der Waals surface area (Å²) >= 11 is 0. The van der Waals surface area contributed by atoms with Crippen molar-refractivity contribution in [3.63, 3.8) is 0 Å². The molecule has 1 aliphatic heterocycles. The summed E-state index contributed by atoms with van der Waals surface area (Å²) in [5, 5.41) is 16.3. The molecule has 0 aromatic rings. The Labute approximate surface area is 67.1 Å². The van der Waals surface area contributed by atoms with E-state index in [0.29, 0.717) is 12.3 Å². The van der Waals surface area contributed by atoms with E-state index in [0.717, 1.165) is 0 Å². The van der Waals surface area contributed by atoms with E-state index in [1.807, 2.05) is 25.8 Å². The zero-order valence-corrected chi connectivity index (χ0v) is 7.18. The third-order valence-corrected chi connectivity index (χ3v) is 2.57. The van der Waals surface area contributed by atoms with E-state index in [1.165, 1.54) is 0 Å². The fourth-order valence-corrected chi connectivity index (χ4v) is 1.33. The molecule has 1 saturated heterocycles. The Morgan fingerprint density at radius 2 is 2.27 bits per heavy atom. The molecule has 3 heteroatoms. The molecule has 1 fully saturated rings. The Balaban J connectivity index is 2.91. The van der Waals surface area contributed by atoms with E-state index < -0.39 is 0 Å². The van der Waals surface area contributed by atoms with Crippen molar-refractivity contribution in [2.24, 2.45) is 5.92 Å². The van der Waals surface area contributed by atoms with Crippen molar-refractivity contribution in [1.29, 1.82) is 10.7 Å². The maximum atomic E-state index is 8.67. The molecule has 0 radical (unpaired) electrons. The molecule has 1 heterocycles. The summed E-state index contributed by atoms with van der Waals surface area (Å²) in [5.41, 5.74) is 0.322. The van der Waals surface area contributed by atoms with Gasteiger partial charge in [0.25, 0.3) is 0 Å². The molecule has 1 atom stereocenters. The summed E-state index contributed by atoms with van der Waals surface area (Å²) in [4.78, 5) is 2.04. The zero-order valence-electron chi connectivity index (χ0n) is 7.18. The molecular formula is C8H13N3. The van der Waals surface area contributed by atoms with Crippen molar-refractivity contribution in [2.45, 2.75) is 19.4 Å². The van der Waals surface area contributed by atoms with Gasteiger partial charge in [-0.05, 0) is 20.9 Å². The van der Waals surface area contributed by atoms with Gasteiger partial charge in [-0.2, -0.15) is 5.26 Å². The molecule has 0 bridgehead atoms. The highest BCUT2D eigenvalue weighted by Crippen LogP contribution is 2.26. The minimum Gasteiger partial charge on any atom is -0.306 e. The predicted octanol–water partition coefficient (Wildman–Crippen LogP) is 0.870. The van der Waals surface area contributed by atoms with Crippen LogP contribution in [-0.4, -0.2) is 29.7 Å². The zero-order chi connectivity index (χ0) is 8.65. The van der Waals surface area contributed by atoms with Crippen molar-refractivity contribution in [1.82, 2.24) is 4.90 Å². The molecule has 0 saturated carbocycles. The lowest BCUT2D eigenvalue weighted by atomic mass is 9.95. The van der Waals surface area contributed by atoms with E-state index in [-0.39, 0.29) is 11.5 Å². The Morgan fingerprint density at radius 3 is 2.45 bits per heavy atom. The Kier molecular flexibility index (Phi) is 1.73. The summed E-state index contributed by atoms with van der Waals surface area (Å²) < 4.78 is 0. The molecule has 0 spiro atoms. The molecule has 11 heavy (non-hydrogen) atoms. The molecule has 0 aliphatic carbocycles. The second kappa shape index (κ2) is 2.31. The highest BCUT2D eigenvalue weighted by Gasteiger charge is 2.41. The maximum absolute atomic E-state index is 8.67. The number of likely N-dealkylation sites (tertiary alicyclic amines) is 1. The predicted molar refractivity (Wildman–Crippen MR) is 43.5 cm³/mol. The van der Waals surface area contributed by atoms with Gasteiger partial charge < -0.3 is 5.41 Å². The highest BCUT2D eigenvalue weighted by molar-refractivity contribution is 5.96. The standard InChI is InChI=1S/C8H13N3/c1-8(2)7(10)6(4-9)5-11(8)3/h6,10H,5H2,1-3H3. The molecule has 0 aromatic heterocycles. The maximum Gasteiger partial charge on any atom is 0.0983 e. The van der Waals surface area contributed by atoms with Crippen molar-refractivity contribution >= 4 is 5.71 Å². The Bertz CT molecular complexity index is 224. The molecule has 1 N–H and O–H groups in total. The van der Waals surface area contributed by atoms with Crippen LogP contribution in [0.15, 0.2) is 0 Å². The van der Waals surface area contributed by atoms with Crippen LogP contribution in [0.1, 0.15) is 13.8 Å². The topological polar surface area (TPSA) is 50.9 Å². The Hall–Kier alpha value is -0.880.